The van der Waals surface area contributed by atoms with E-state index in [-0.39, 0.29) is 31.6 Å². The molecule has 0 aromatic rings. The first-order valence-corrected chi connectivity index (χ1v) is 26.6. The molecule has 0 aromatic carbocycles. The van der Waals surface area contributed by atoms with Crippen LogP contribution in [0.3, 0.4) is 0 Å². The van der Waals surface area contributed by atoms with E-state index >= 15 is 0 Å². The van der Waals surface area contributed by atoms with Crippen LogP contribution >= 0.6 is 0 Å². The first-order chi connectivity index (χ1) is 31.5. The number of hydrogen-bond donors (Lipinski definition) is 0. The number of hydrogen-bond acceptors (Lipinski definition) is 6. The summed E-state index contributed by atoms with van der Waals surface area (Å²) in [5.41, 5.74) is 0. The molecule has 0 N–H and O–H groups in total. The maximum atomic E-state index is 12.7. The summed E-state index contributed by atoms with van der Waals surface area (Å²) in [6.45, 7) is 6.41. The number of unbranched alkanes of at least 4 members (excludes halogenated alkanes) is 22. The van der Waals surface area contributed by atoms with Gasteiger partial charge in [0.25, 0.3) is 0 Å². The molecule has 0 aliphatic rings. The molecule has 0 saturated heterocycles. The van der Waals surface area contributed by atoms with Gasteiger partial charge in [-0.05, 0) is 83.5 Å². The monoisotopic (exact) mass is 891 g/mol. The first-order valence-electron chi connectivity index (χ1n) is 26.6. The average Bonchev–Trinajstić information content (AvgIpc) is 3.29. The molecule has 0 spiro atoms. The van der Waals surface area contributed by atoms with E-state index in [0.717, 1.165) is 77.0 Å². The Labute approximate surface area is 395 Å². The number of esters is 3. The molecule has 0 rings (SSSR count). The fourth-order valence-corrected chi connectivity index (χ4v) is 7.17. The molecule has 366 valence electrons. The van der Waals surface area contributed by atoms with Gasteiger partial charge >= 0.3 is 17.9 Å². The maximum absolute atomic E-state index is 12.7. The minimum absolute atomic E-state index is 0.106. The van der Waals surface area contributed by atoms with Crippen molar-refractivity contribution < 1.29 is 28.6 Å². The van der Waals surface area contributed by atoms with Crippen LogP contribution in [-0.4, -0.2) is 37.2 Å². The highest BCUT2D eigenvalue weighted by atomic mass is 16.6. The summed E-state index contributed by atoms with van der Waals surface area (Å²) in [4.78, 5) is 37.8. The summed E-state index contributed by atoms with van der Waals surface area (Å²) >= 11 is 0. The Hall–Kier alpha value is -3.41. The summed E-state index contributed by atoms with van der Waals surface area (Å²) in [7, 11) is 0. The topological polar surface area (TPSA) is 78.9 Å². The lowest BCUT2D eigenvalue weighted by atomic mass is 10.1. The zero-order chi connectivity index (χ0) is 46.5. The highest BCUT2D eigenvalue weighted by molar-refractivity contribution is 5.71. The molecule has 0 radical (unpaired) electrons. The van der Waals surface area contributed by atoms with E-state index in [0.29, 0.717) is 19.3 Å². The SMILES string of the molecule is CC/C=C\C/C=C\C/C=C\C/C=C\CCC(=O)OC(COC(=O)CCCCCCCCCC)COC(=O)CCCCCCCCCCCC/C=C\C/C=C\C/C=C\CCCCCCC. The van der Waals surface area contributed by atoms with Gasteiger partial charge in [0.2, 0.25) is 0 Å². The third-order valence-corrected chi connectivity index (χ3v) is 11.1. The minimum Gasteiger partial charge on any atom is -0.462 e. The largest absolute Gasteiger partial charge is 0.462 e. The van der Waals surface area contributed by atoms with E-state index in [1.807, 2.05) is 12.2 Å². The molecule has 6 nitrogen and oxygen atoms in total. The molecule has 0 amide bonds. The van der Waals surface area contributed by atoms with E-state index in [2.05, 4.69) is 93.7 Å². The van der Waals surface area contributed by atoms with Gasteiger partial charge in [-0.25, -0.2) is 0 Å². The molecule has 0 bridgehead atoms. The number of rotatable bonds is 47. The predicted octanol–water partition coefficient (Wildman–Crippen LogP) is 17.6. The van der Waals surface area contributed by atoms with Crippen molar-refractivity contribution in [3.63, 3.8) is 0 Å². The van der Waals surface area contributed by atoms with Crippen LogP contribution in [0.15, 0.2) is 85.1 Å². The Kier molecular flexibility index (Phi) is 49.4. The Balaban J connectivity index is 4.25. The Bertz CT molecular complexity index is 1250. The van der Waals surface area contributed by atoms with Crippen molar-refractivity contribution in [2.75, 3.05) is 13.2 Å². The minimum atomic E-state index is -0.813. The van der Waals surface area contributed by atoms with Crippen LogP contribution < -0.4 is 0 Å². The van der Waals surface area contributed by atoms with E-state index in [9.17, 15) is 14.4 Å². The molecule has 0 heterocycles. The molecule has 1 unspecified atom stereocenters. The lowest BCUT2D eigenvalue weighted by molar-refractivity contribution is -0.166. The normalized spacial score (nSPS) is 12.7. The van der Waals surface area contributed by atoms with Gasteiger partial charge in [0, 0.05) is 19.3 Å². The molecule has 0 aliphatic heterocycles. The van der Waals surface area contributed by atoms with Crippen molar-refractivity contribution >= 4 is 17.9 Å². The highest BCUT2D eigenvalue weighted by Gasteiger charge is 2.19. The smallest absolute Gasteiger partial charge is 0.306 e. The van der Waals surface area contributed by atoms with Crippen LogP contribution in [-0.2, 0) is 28.6 Å². The molecule has 0 fully saturated rings. The molecule has 0 saturated carbocycles. The lowest BCUT2D eigenvalue weighted by Gasteiger charge is -2.18. The van der Waals surface area contributed by atoms with Gasteiger partial charge in [-0.2, -0.15) is 0 Å². The van der Waals surface area contributed by atoms with Crippen molar-refractivity contribution in [3.05, 3.63) is 85.1 Å². The Morgan fingerprint density at radius 2 is 0.641 bits per heavy atom. The van der Waals surface area contributed by atoms with Gasteiger partial charge in [-0.15, -0.1) is 0 Å². The van der Waals surface area contributed by atoms with Gasteiger partial charge in [-0.1, -0.05) is 228 Å². The summed E-state index contributed by atoms with van der Waals surface area (Å²) in [6, 6.07) is 0. The second-order valence-electron chi connectivity index (χ2n) is 17.4. The third-order valence-electron chi connectivity index (χ3n) is 11.1. The zero-order valence-electron chi connectivity index (χ0n) is 41.8. The van der Waals surface area contributed by atoms with Gasteiger partial charge < -0.3 is 14.2 Å². The van der Waals surface area contributed by atoms with Crippen LogP contribution in [0.1, 0.15) is 245 Å². The van der Waals surface area contributed by atoms with Gasteiger partial charge in [0.1, 0.15) is 13.2 Å². The number of allylic oxidation sites excluding steroid dienone is 14. The number of ether oxygens (including phenoxy) is 3. The quantitative estimate of drug-likeness (QED) is 0.0262. The first kappa shape index (κ1) is 60.6. The Morgan fingerprint density at radius 1 is 0.328 bits per heavy atom. The predicted molar refractivity (Wildman–Crippen MR) is 274 cm³/mol. The molecule has 0 aromatic heterocycles. The van der Waals surface area contributed by atoms with Crippen molar-refractivity contribution in [3.8, 4) is 0 Å². The van der Waals surface area contributed by atoms with Crippen molar-refractivity contribution in [1.82, 2.24) is 0 Å². The van der Waals surface area contributed by atoms with Gasteiger partial charge in [0.15, 0.2) is 6.10 Å². The van der Waals surface area contributed by atoms with Crippen molar-refractivity contribution in [1.29, 1.82) is 0 Å². The van der Waals surface area contributed by atoms with Gasteiger partial charge in [0.05, 0.1) is 0 Å². The van der Waals surface area contributed by atoms with E-state index in [1.54, 1.807) is 0 Å². The van der Waals surface area contributed by atoms with Crippen LogP contribution in [0.5, 0.6) is 0 Å². The summed E-state index contributed by atoms with van der Waals surface area (Å²) in [6.07, 6.45) is 67.5. The van der Waals surface area contributed by atoms with Crippen LogP contribution in [0.2, 0.25) is 0 Å². The summed E-state index contributed by atoms with van der Waals surface area (Å²) < 4.78 is 16.7. The maximum Gasteiger partial charge on any atom is 0.306 e. The van der Waals surface area contributed by atoms with Crippen LogP contribution in [0, 0.1) is 0 Å². The standard InChI is InChI=1S/C58H98O6/c1-4-7-10-13-16-19-21-23-24-25-26-27-28-29-30-31-32-33-34-36-37-39-42-45-48-51-57(60)63-54-55(53-62-56(59)50-47-44-41-18-15-12-9-6-3)64-58(61)52-49-46-43-40-38-35-22-20-17-14-11-8-5-2/h8,11,17,20-21,23,25-26,28-29,35,38,43,46,55H,4-7,9-10,12-16,18-19,22,24,27,30-34,36-37,39-42,44-45,47-54H2,1-3H3/b11-8-,20-17-,23-21-,26-25-,29-28-,38-35-,46-43-. The lowest BCUT2D eigenvalue weighted by Crippen LogP contribution is -2.30. The number of carbonyl (C=O) groups is 3. The molecule has 6 heteroatoms. The molecule has 0 aliphatic carbocycles. The second-order valence-corrected chi connectivity index (χ2v) is 17.4. The zero-order valence-corrected chi connectivity index (χ0v) is 41.8. The molecular formula is C58H98O6. The summed E-state index contributed by atoms with van der Waals surface area (Å²) in [5.74, 6) is -0.998. The van der Waals surface area contributed by atoms with E-state index in [1.165, 1.54) is 122 Å². The van der Waals surface area contributed by atoms with Crippen molar-refractivity contribution in [2.45, 2.75) is 252 Å². The van der Waals surface area contributed by atoms with Crippen LogP contribution in [0.25, 0.3) is 0 Å². The third kappa shape index (κ3) is 49.6. The fourth-order valence-electron chi connectivity index (χ4n) is 7.17. The Morgan fingerprint density at radius 3 is 1.02 bits per heavy atom. The molecule has 64 heavy (non-hydrogen) atoms. The second kappa shape index (κ2) is 52.2. The average molecular weight is 891 g/mol. The van der Waals surface area contributed by atoms with Crippen LogP contribution in [0.4, 0.5) is 0 Å². The highest BCUT2D eigenvalue weighted by Crippen LogP contribution is 2.14. The summed E-state index contributed by atoms with van der Waals surface area (Å²) in [5, 5.41) is 0. The number of carbonyl (C=O) groups excluding carboxylic acids is 3. The van der Waals surface area contributed by atoms with E-state index in [4.69, 9.17) is 14.2 Å². The van der Waals surface area contributed by atoms with E-state index < -0.39 is 12.1 Å². The molecular weight excluding hydrogens is 793 g/mol. The van der Waals surface area contributed by atoms with Gasteiger partial charge in [-0.3, -0.25) is 14.4 Å². The fraction of sp³-hybridized carbons (Fsp3) is 0.707. The molecule has 1 atom stereocenters. The van der Waals surface area contributed by atoms with Crippen molar-refractivity contribution in [2.24, 2.45) is 0 Å².